The summed E-state index contributed by atoms with van der Waals surface area (Å²) in [6.07, 6.45) is 0. The Kier molecular flexibility index (Phi) is 3.99. The van der Waals surface area contributed by atoms with E-state index in [0.29, 0.717) is 12.3 Å². The Labute approximate surface area is 89.7 Å². The third-order valence-corrected chi connectivity index (χ3v) is 2.29. The van der Waals surface area contributed by atoms with Crippen LogP contribution in [0.5, 0.6) is 0 Å². The molecule has 6 heteroatoms. The summed E-state index contributed by atoms with van der Waals surface area (Å²) in [6.45, 7) is 0.340. The number of carbonyl (C=O) groups excluding carboxylic acids is 1. The van der Waals surface area contributed by atoms with Crippen LogP contribution in [0.1, 0.15) is 16.2 Å². The Balaban J connectivity index is 2.99. The van der Waals surface area contributed by atoms with Gasteiger partial charge in [-0.25, -0.2) is 10.8 Å². The molecule has 0 aliphatic rings. The maximum absolute atomic E-state index is 11.1. The highest BCUT2D eigenvalue weighted by Gasteiger charge is 2.08. The molecule has 0 fully saturated rings. The summed E-state index contributed by atoms with van der Waals surface area (Å²) in [7, 11) is 1.56. The lowest BCUT2D eigenvalue weighted by Crippen LogP contribution is -2.30. The van der Waals surface area contributed by atoms with E-state index in [4.69, 9.17) is 10.6 Å². The molecule has 1 rings (SSSR count). The molecule has 0 saturated heterocycles. The van der Waals surface area contributed by atoms with Crippen molar-refractivity contribution in [3.8, 4) is 0 Å². The number of nitrogens with two attached hydrogens (primary N) is 1. The zero-order valence-corrected chi connectivity index (χ0v) is 9.17. The highest BCUT2D eigenvalue weighted by Crippen LogP contribution is 2.15. The SMILES string of the molecule is COCc1nc(C(=O)NN)ccc1Br. The van der Waals surface area contributed by atoms with Gasteiger partial charge in [-0.05, 0) is 28.1 Å². The first-order valence-electron chi connectivity index (χ1n) is 3.84. The highest BCUT2D eigenvalue weighted by molar-refractivity contribution is 9.10. The molecule has 3 N–H and O–H groups in total. The van der Waals surface area contributed by atoms with Crippen LogP contribution in [-0.2, 0) is 11.3 Å². The molecule has 0 radical (unpaired) electrons. The van der Waals surface area contributed by atoms with Crippen LogP contribution >= 0.6 is 15.9 Å². The highest BCUT2D eigenvalue weighted by atomic mass is 79.9. The second-order valence-electron chi connectivity index (χ2n) is 2.53. The van der Waals surface area contributed by atoms with E-state index in [1.54, 1.807) is 19.2 Å². The van der Waals surface area contributed by atoms with Gasteiger partial charge in [-0.1, -0.05) is 0 Å². The summed E-state index contributed by atoms with van der Waals surface area (Å²) in [6, 6.07) is 3.30. The molecule has 0 aromatic carbocycles. The lowest BCUT2D eigenvalue weighted by molar-refractivity contribution is 0.0947. The Morgan fingerprint density at radius 1 is 1.71 bits per heavy atom. The van der Waals surface area contributed by atoms with Crippen molar-refractivity contribution < 1.29 is 9.53 Å². The molecule has 0 spiro atoms. The van der Waals surface area contributed by atoms with Crippen LogP contribution < -0.4 is 11.3 Å². The van der Waals surface area contributed by atoms with Gasteiger partial charge in [-0.2, -0.15) is 0 Å². The van der Waals surface area contributed by atoms with Crippen LogP contribution in [0.25, 0.3) is 0 Å². The van der Waals surface area contributed by atoms with Crippen LogP contribution in [0.15, 0.2) is 16.6 Å². The second-order valence-corrected chi connectivity index (χ2v) is 3.39. The first kappa shape index (κ1) is 11.1. The predicted octanol–water partition coefficient (Wildman–Crippen LogP) is 0.594. The number of methoxy groups -OCH3 is 1. The number of hydrogen-bond donors (Lipinski definition) is 2. The molecule has 1 amide bonds. The minimum atomic E-state index is -0.421. The van der Waals surface area contributed by atoms with Crippen LogP contribution in [0.4, 0.5) is 0 Å². The van der Waals surface area contributed by atoms with E-state index in [2.05, 4.69) is 20.9 Å². The number of hydrazine groups is 1. The van der Waals surface area contributed by atoms with Crippen LogP contribution in [0.3, 0.4) is 0 Å². The van der Waals surface area contributed by atoms with E-state index in [1.807, 2.05) is 5.43 Å². The predicted molar refractivity (Wildman–Crippen MR) is 54.3 cm³/mol. The molecule has 0 aliphatic carbocycles. The summed E-state index contributed by atoms with van der Waals surface area (Å²) >= 11 is 3.30. The van der Waals surface area contributed by atoms with Crippen LogP contribution in [0.2, 0.25) is 0 Å². The molecule has 0 unspecified atom stereocenters. The first-order chi connectivity index (χ1) is 6.69. The van der Waals surface area contributed by atoms with Gasteiger partial charge in [0.25, 0.3) is 5.91 Å². The Hall–Kier alpha value is -0.980. The van der Waals surface area contributed by atoms with E-state index in [1.165, 1.54) is 0 Å². The van der Waals surface area contributed by atoms with Crippen LogP contribution in [-0.4, -0.2) is 18.0 Å². The fourth-order valence-electron chi connectivity index (χ4n) is 0.923. The number of rotatable bonds is 3. The fraction of sp³-hybridized carbons (Fsp3) is 0.250. The Morgan fingerprint density at radius 2 is 2.43 bits per heavy atom. The monoisotopic (exact) mass is 259 g/mol. The largest absolute Gasteiger partial charge is 0.378 e. The van der Waals surface area contributed by atoms with E-state index in [9.17, 15) is 4.79 Å². The van der Waals surface area contributed by atoms with Gasteiger partial charge < -0.3 is 4.74 Å². The number of nitrogens with zero attached hydrogens (tertiary/aromatic N) is 1. The van der Waals surface area contributed by atoms with Crippen molar-refractivity contribution in [2.24, 2.45) is 5.84 Å². The van der Waals surface area contributed by atoms with Crippen molar-refractivity contribution in [1.29, 1.82) is 0 Å². The van der Waals surface area contributed by atoms with Crippen molar-refractivity contribution in [2.45, 2.75) is 6.61 Å². The number of halogens is 1. The quantitative estimate of drug-likeness (QED) is 0.474. The van der Waals surface area contributed by atoms with E-state index in [-0.39, 0.29) is 5.69 Å². The van der Waals surface area contributed by atoms with Crippen molar-refractivity contribution >= 4 is 21.8 Å². The van der Waals surface area contributed by atoms with E-state index >= 15 is 0 Å². The molecule has 1 aromatic rings. The smallest absolute Gasteiger partial charge is 0.283 e. The summed E-state index contributed by atoms with van der Waals surface area (Å²) in [5.41, 5.74) is 2.94. The molecule has 76 valence electrons. The number of carbonyl (C=O) groups is 1. The normalized spacial score (nSPS) is 9.93. The molecule has 5 nitrogen and oxygen atoms in total. The van der Waals surface area contributed by atoms with E-state index in [0.717, 1.165) is 4.47 Å². The Morgan fingerprint density at radius 3 is 3.00 bits per heavy atom. The number of amides is 1. The molecule has 1 heterocycles. The minimum absolute atomic E-state index is 0.266. The third-order valence-electron chi connectivity index (χ3n) is 1.56. The summed E-state index contributed by atoms with van der Waals surface area (Å²) < 4.78 is 5.72. The molecular formula is C8H10BrN3O2. The second kappa shape index (κ2) is 5.04. The molecule has 1 aromatic heterocycles. The van der Waals surface area contributed by atoms with Gasteiger partial charge in [0, 0.05) is 11.6 Å². The molecule has 14 heavy (non-hydrogen) atoms. The van der Waals surface area contributed by atoms with Gasteiger partial charge in [0.1, 0.15) is 5.69 Å². The van der Waals surface area contributed by atoms with Crippen molar-refractivity contribution in [1.82, 2.24) is 10.4 Å². The van der Waals surface area contributed by atoms with Crippen LogP contribution in [0, 0.1) is 0 Å². The maximum Gasteiger partial charge on any atom is 0.283 e. The minimum Gasteiger partial charge on any atom is -0.378 e. The van der Waals surface area contributed by atoms with Crippen molar-refractivity contribution in [2.75, 3.05) is 7.11 Å². The topological polar surface area (TPSA) is 77.2 Å². The zero-order chi connectivity index (χ0) is 10.6. The molecule has 0 atom stereocenters. The zero-order valence-electron chi connectivity index (χ0n) is 7.58. The van der Waals surface area contributed by atoms with Crippen molar-refractivity contribution in [3.05, 3.63) is 28.0 Å². The summed E-state index contributed by atoms with van der Waals surface area (Å²) in [5, 5.41) is 0. The molecule has 0 bridgehead atoms. The lowest BCUT2D eigenvalue weighted by Gasteiger charge is -2.04. The number of ether oxygens (including phenoxy) is 1. The average molecular weight is 260 g/mol. The molecular weight excluding hydrogens is 250 g/mol. The van der Waals surface area contributed by atoms with Gasteiger partial charge in [0.2, 0.25) is 0 Å². The maximum atomic E-state index is 11.1. The summed E-state index contributed by atoms with van der Waals surface area (Å²) in [4.78, 5) is 15.2. The summed E-state index contributed by atoms with van der Waals surface area (Å²) in [5.74, 6) is 4.56. The first-order valence-corrected chi connectivity index (χ1v) is 4.63. The average Bonchev–Trinajstić information content (AvgIpc) is 2.20. The number of nitrogens with one attached hydrogen (secondary N) is 1. The standard InChI is InChI=1S/C8H10BrN3O2/c1-14-4-7-5(9)2-3-6(11-7)8(13)12-10/h2-3H,4,10H2,1H3,(H,12,13). The van der Waals surface area contributed by atoms with Gasteiger partial charge in [-0.15, -0.1) is 0 Å². The third kappa shape index (κ3) is 2.50. The number of hydrogen-bond acceptors (Lipinski definition) is 4. The molecule has 0 aliphatic heterocycles. The number of aromatic nitrogens is 1. The van der Waals surface area contributed by atoms with Gasteiger partial charge >= 0.3 is 0 Å². The number of nitrogen functional groups attached to an aromatic ring is 1. The number of pyridine rings is 1. The van der Waals surface area contributed by atoms with Crippen molar-refractivity contribution in [3.63, 3.8) is 0 Å². The van der Waals surface area contributed by atoms with Gasteiger partial charge in [0.05, 0.1) is 12.3 Å². The van der Waals surface area contributed by atoms with Gasteiger partial charge in [0.15, 0.2) is 0 Å². The van der Waals surface area contributed by atoms with Gasteiger partial charge in [-0.3, -0.25) is 10.2 Å². The molecule has 0 saturated carbocycles. The lowest BCUT2D eigenvalue weighted by atomic mass is 10.3. The van der Waals surface area contributed by atoms with E-state index < -0.39 is 5.91 Å². The Bertz CT molecular complexity index is 343. The fourth-order valence-corrected chi connectivity index (χ4v) is 1.26.